The number of thioether (sulfide) groups is 1. The number of hydrogen-bond donors (Lipinski definition) is 2. The topological polar surface area (TPSA) is 55.1 Å². The van der Waals surface area contributed by atoms with Gasteiger partial charge in [0.25, 0.3) is 0 Å². The second kappa shape index (κ2) is 5.51. The molecule has 1 amide bonds. The monoisotopic (exact) mass is 266 g/mol. The number of anilines is 1. The summed E-state index contributed by atoms with van der Waals surface area (Å²) in [5, 5.41) is 2.91. The molecule has 3 N–H and O–H groups in total. The highest BCUT2D eigenvalue weighted by molar-refractivity contribution is 7.99. The van der Waals surface area contributed by atoms with E-state index in [2.05, 4.69) is 5.32 Å². The number of carbonyl (C=O) groups is 1. The summed E-state index contributed by atoms with van der Waals surface area (Å²) in [4.78, 5) is 12.2. The van der Waals surface area contributed by atoms with E-state index in [1.165, 1.54) is 0 Å². The van der Waals surface area contributed by atoms with E-state index in [9.17, 15) is 4.79 Å². The van der Waals surface area contributed by atoms with Crippen molar-refractivity contribution < 1.29 is 4.79 Å². The van der Waals surface area contributed by atoms with Crippen LogP contribution in [-0.2, 0) is 4.79 Å². The van der Waals surface area contributed by atoms with Gasteiger partial charge in [0.2, 0.25) is 5.91 Å². The maximum Gasteiger partial charge on any atom is 0.228 e. The standard InChI is InChI=1S/C12H14N2OS2/c13-11(16)8-1-3-10(4-2-8)14-12(15)9-5-6-17-7-9/h1-4,9H,5-7H2,(H2,13,16)(H,14,15). The third kappa shape index (κ3) is 3.20. The molecule has 1 aromatic carbocycles. The van der Waals surface area contributed by atoms with E-state index in [0.717, 1.165) is 29.2 Å². The number of rotatable bonds is 3. The van der Waals surface area contributed by atoms with E-state index in [0.29, 0.717) is 4.99 Å². The summed E-state index contributed by atoms with van der Waals surface area (Å²) in [6.45, 7) is 0. The maximum absolute atomic E-state index is 11.9. The lowest BCUT2D eigenvalue weighted by atomic mass is 10.1. The van der Waals surface area contributed by atoms with Gasteiger partial charge in [0.05, 0.1) is 0 Å². The molecule has 1 aliphatic rings. The molecule has 1 heterocycles. The van der Waals surface area contributed by atoms with Crippen molar-refractivity contribution in [1.82, 2.24) is 0 Å². The Bertz CT molecular complexity index is 425. The third-order valence-corrected chi connectivity index (χ3v) is 4.14. The molecular formula is C12H14N2OS2. The molecule has 3 nitrogen and oxygen atoms in total. The molecule has 0 spiro atoms. The Labute approximate surface area is 110 Å². The van der Waals surface area contributed by atoms with Gasteiger partial charge in [0, 0.05) is 22.9 Å². The summed E-state index contributed by atoms with van der Waals surface area (Å²) in [5.41, 5.74) is 7.12. The molecule has 1 fully saturated rings. The molecule has 0 aromatic heterocycles. The molecule has 1 aliphatic heterocycles. The van der Waals surface area contributed by atoms with Crippen LogP contribution >= 0.6 is 24.0 Å². The van der Waals surface area contributed by atoms with Crippen LogP contribution in [0, 0.1) is 5.92 Å². The zero-order chi connectivity index (χ0) is 12.3. The molecule has 5 heteroatoms. The highest BCUT2D eigenvalue weighted by Crippen LogP contribution is 2.24. The van der Waals surface area contributed by atoms with Crippen LogP contribution in [0.25, 0.3) is 0 Å². The smallest absolute Gasteiger partial charge is 0.228 e. The molecule has 1 unspecified atom stereocenters. The SMILES string of the molecule is NC(=S)c1ccc(NC(=O)C2CCSC2)cc1. The van der Waals surface area contributed by atoms with Crippen molar-refractivity contribution in [2.45, 2.75) is 6.42 Å². The molecule has 2 rings (SSSR count). The van der Waals surface area contributed by atoms with Crippen molar-refractivity contribution in [1.29, 1.82) is 0 Å². The first-order valence-electron chi connectivity index (χ1n) is 5.45. The van der Waals surface area contributed by atoms with Crippen LogP contribution in [0.5, 0.6) is 0 Å². The molecule has 0 bridgehead atoms. The summed E-state index contributed by atoms with van der Waals surface area (Å²) in [7, 11) is 0. The van der Waals surface area contributed by atoms with E-state index in [1.807, 2.05) is 36.0 Å². The van der Waals surface area contributed by atoms with Gasteiger partial charge in [-0.15, -0.1) is 0 Å². The molecule has 90 valence electrons. The number of nitrogens with one attached hydrogen (secondary N) is 1. The molecule has 0 saturated carbocycles. The Balaban J connectivity index is 1.98. The van der Waals surface area contributed by atoms with Gasteiger partial charge < -0.3 is 11.1 Å². The number of hydrogen-bond acceptors (Lipinski definition) is 3. The maximum atomic E-state index is 11.9. The van der Waals surface area contributed by atoms with E-state index in [1.54, 1.807) is 0 Å². The van der Waals surface area contributed by atoms with E-state index < -0.39 is 0 Å². The van der Waals surface area contributed by atoms with E-state index in [4.69, 9.17) is 18.0 Å². The number of thiocarbonyl (C=S) groups is 1. The average Bonchev–Trinajstić information content (AvgIpc) is 2.83. The summed E-state index contributed by atoms with van der Waals surface area (Å²) in [6, 6.07) is 7.30. The van der Waals surface area contributed by atoms with Crippen molar-refractivity contribution in [2.24, 2.45) is 11.7 Å². The largest absolute Gasteiger partial charge is 0.389 e. The van der Waals surface area contributed by atoms with Crippen LogP contribution in [-0.4, -0.2) is 22.4 Å². The van der Waals surface area contributed by atoms with Crippen LogP contribution in [0.4, 0.5) is 5.69 Å². The molecule has 1 atom stereocenters. The van der Waals surface area contributed by atoms with E-state index >= 15 is 0 Å². The Hall–Kier alpha value is -1.07. The highest BCUT2D eigenvalue weighted by Gasteiger charge is 2.22. The normalized spacial score (nSPS) is 18.9. The van der Waals surface area contributed by atoms with Crippen LogP contribution < -0.4 is 11.1 Å². The first kappa shape index (κ1) is 12.4. The van der Waals surface area contributed by atoms with Crippen LogP contribution in [0.1, 0.15) is 12.0 Å². The van der Waals surface area contributed by atoms with Gasteiger partial charge in [-0.3, -0.25) is 4.79 Å². The van der Waals surface area contributed by atoms with Gasteiger partial charge in [0.1, 0.15) is 4.99 Å². The molecule has 17 heavy (non-hydrogen) atoms. The number of carbonyl (C=O) groups excluding carboxylic acids is 1. The minimum atomic E-state index is 0.109. The van der Waals surface area contributed by atoms with Gasteiger partial charge in [-0.1, -0.05) is 12.2 Å². The van der Waals surface area contributed by atoms with Crippen molar-refractivity contribution >= 4 is 40.6 Å². The minimum Gasteiger partial charge on any atom is -0.389 e. The van der Waals surface area contributed by atoms with E-state index in [-0.39, 0.29) is 11.8 Å². The molecule has 1 saturated heterocycles. The molecule has 0 aliphatic carbocycles. The lowest BCUT2D eigenvalue weighted by molar-refractivity contribution is -0.119. The predicted molar refractivity (Wildman–Crippen MR) is 76.4 cm³/mol. The number of nitrogens with two attached hydrogens (primary N) is 1. The fourth-order valence-electron chi connectivity index (χ4n) is 1.70. The van der Waals surface area contributed by atoms with Gasteiger partial charge in [-0.25, -0.2) is 0 Å². The highest BCUT2D eigenvalue weighted by atomic mass is 32.2. The van der Waals surface area contributed by atoms with Gasteiger partial charge in [-0.2, -0.15) is 11.8 Å². The minimum absolute atomic E-state index is 0.109. The lowest BCUT2D eigenvalue weighted by Gasteiger charge is -2.10. The zero-order valence-corrected chi connectivity index (χ0v) is 10.9. The predicted octanol–water partition coefficient (Wildman–Crippen LogP) is 2.01. The summed E-state index contributed by atoms with van der Waals surface area (Å²) in [6.07, 6.45) is 0.974. The van der Waals surface area contributed by atoms with Crippen LogP contribution in [0.2, 0.25) is 0 Å². The number of benzene rings is 1. The molecule has 1 aromatic rings. The Kier molecular flexibility index (Phi) is 4.02. The Morgan fingerprint density at radius 2 is 2.12 bits per heavy atom. The van der Waals surface area contributed by atoms with Gasteiger partial charge in [-0.05, 0) is 36.4 Å². The number of amides is 1. The average molecular weight is 266 g/mol. The van der Waals surface area contributed by atoms with Crippen molar-refractivity contribution in [2.75, 3.05) is 16.8 Å². The van der Waals surface area contributed by atoms with Crippen molar-refractivity contribution in [3.05, 3.63) is 29.8 Å². The fourth-order valence-corrected chi connectivity index (χ4v) is 3.06. The zero-order valence-electron chi connectivity index (χ0n) is 9.31. The Morgan fingerprint density at radius 1 is 1.41 bits per heavy atom. The van der Waals surface area contributed by atoms with Crippen molar-refractivity contribution in [3.8, 4) is 0 Å². The summed E-state index contributed by atoms with van der Waals surface area (Å²) in [5.74, 6) is 2.27. The molecular weight excluding hydrogens is 252 g/mol. The quantitative estimate of drug-likeness (QED) is 0.822. The van der Waals surface area contributed by atoms with Gasteiger partial charge >= 0.3 is 0 Å². The first-order chi connectivity index (χ1) is 8.16. The summed E-state index contributed by atoms with van der Waals surface area (Å²) >= 11 is 6.70. The second-order valence-corrected chi connectivity index (χ2v) is 5.58. The van der Waals surface area contributed by atoms with Gasteiger partial charge in [0.15, 0.2) is 0 Å². The van der Waals surface area contributed by atoms with Crippen molar-refractivity contribution in [3.63, 3.8) is 0 Å². The molecule has 0 radical (unpaired) electrons. The first-order valence-corrected chi connectivity index (χ1v) is 7.01. The Morgan fingerprint density at radius 3 is 2.65 bits per heavy atom. The van der Waals surface area contributed by atoms with Crippen LogP contribution in [0.15, 0.2) is 24.3 Å². The summed E-state index contributed by atoms with van der Waals surface area (Å²) < 4.78 is 0. The fraction of sp³-hybridized carbons (Fsp3) is 0.333. The lowest BCUT2D eigenvalue weighted by Crippen LogP contribution is -2.22. The van der Waals surface area contributed by atoms with Crippen LogP contribution in [0.3, 0.4) is 0 Å². The third-order valence-electron chi connectivity index (χ3n) is 2.74. The second-order valence-electron chi connectivity index (χ2n) is 3.99.